The molecule has 0 unspecified atom stereocenters. The maximum atomic E-state index is 12.3. The number of anilines is 1. The summed E-state index contributed by atoms with van der Waals surface area (Å²) >= 11 is 0. The average molecular weight is 272 g/mol. The van der Waals surface area contributed by atoms with Gasteiger partial charge >= 0.3 is 0 Å². The van der Waals surface area contributed by atoms with Crippen LogP contribution in [0.5, 0.6) is 0 Å². The summed E-state index contributed by atoms with van der Waals surface area (Å²) in [6, 6.07) is 9.59. The molecule has 0 bridgehead atoms. The Balaban J connectivity index is 1.63. The van der Waals surface area contributed by atoms with Crippen molar-refractivity contribution in [3.63, 3.8) is 0 Å². The van der Waals surface area contributed by atoms with E-state index in [1.807, 2.05) is 42.3 Å². The second kappa shape index (κ2) is 5.36. The first-order valence-corrected chi connectivity index (χ1v) is 6.81. The van der Waals surface area contributed by atoms with E-state index in [9.17, 15) is 4.79 Å². The third kappa shape index (κ3) is 2.52. The summed E-state index contributed by atoms with van der Waals surface area (Å²) in [4.78, 5) is 19.6. The lowest BCUT2D eigenvalue weighted by molar-refractivity contribution is -0.364. The number of H-pyrrole nitrogens is 1. The molecule has 1 aliphatic heterocycles. The van der Waals surface area contributed by atoms with Crippen LogP contribution in [0.4, 0.5) is 5.82 Å². The molecule has 0 aromatic carbocycles. The molecule has 1 saturated heterocycles. The molecule has 3 rings (SSSR count). The van der Waals surface area contributed by atoms with Gasteiger partial charge in [-0.05, 0) is 25.1 Å². The SMILES string of the molecule is Cc1ccc(C(=O)N2CCN(c3cccc[nH+]3)CC2)o1. The number of hydrogen-bond donors (Lipinski definition) is 0. The van der Waals surface area contributed by atoms with Crippen LogP contribution in [0.15, 0.2) is 40.9 Å². The van der Waals surface area contributed by atoms with E-state index in [-0.39, 0.29) is 5.91 Å². The van der Waals surface area contributed by atoms with Crippen LogP contribution in [-0.2, 0) is 0 Å². The minimum Gasteiger partial charge on any atom is -0.456 e. The lowest BCUT2D eigenvalue weighted by Gasteiger charge is -2.30. The summed E-state index contributed by atoms with van der Waals surface area (Å²) in [7, 11) is 0. The molecule has 5 heteroatoms. The number of aryl methyl sites for hydroxylation is 1. The molecule has 2 aromatic rings. The van der Waals surface area contributed by atoms with Crippen molar-refractivity contribution in [2.45, 2.75) is 6.92 Å². The summed E-state index contributed by atoms with van der Waals surface area (Å²) in [5, 5.41) is 0. The highest BCUT2D eigenvalue weighted by molar-refractivity contribution is 5.91. The third-order valence-electron chi connectivity index (χ3n) is 3.55. The second-order valence-corrected chi connectivity index (χ2v) is 4.94. The Morgan fingerprint density at radius 2 is 1.95 bits per heavy atom. The first-order valence-electron chi connectivity index (χ1n) is 6.81. The van der Waals surface area contributed by atoms with E-state index < -0.39 is 0 Å². The molecule has 1 N–H and O–H groups in total. The highest BCUT2D eigenvalue weighted by atomic mass is 16.3. The monoisotopic (exact) mass is 272 g/mol. The van der Waals surface area contributed by atoms with E-state index in [1.165, 1.54) is 0 Å². The number of aromatic nitrogens is 1. The number of piperazine rings is 1. The molecule has 1 amide bonds. The Labute approximate surface area is 117 Å². The van der Waals surface area contributed by atoms with Crippen LogP contribution in [0.1, 0.15) is 16.3 Å². The number of rotatable bonds is 2. The van der Waals surface area contributed by atoms with Crippen LogP contribution in [0.2, 0.25) is 0 Å². The highest BCUT2D eigenvalue weighted by Gasteiger charge is 2.27. The van der Waals surface area contributed by atoms with Crippen molar-refractivity contribution >= 4 is 11.7 Å². The summed E-state index contributed by atoms with van der Waals surface area (Å²) < 4.78 is 5.40. The summed E-state index contributed by atoms with van der Waals surface area (Å²) in [5.41, 5.74) is 0. The van der Waals surface area contributed by atoms with Crippen LogP contribution in [0.3, 0.4) is 0 Å². The van der Waals surface area contributed by atoms with Crippen molar-refractivity contribution in [1.29, 1.82) is 0 Å². The molecule has 0 atom stereocenters. The van der Waals surface area contributed by atoms with Crippen LogP contribution in [-0.4, -0.2) is 37.0 Å². The summed E-state index contributed by atoms with van der Waals surface area (Å²) in [5.74, 6) is 2.27. The molecule has 0 saturated carbocycles. The van der Waals surface area contributed by atoms with Gasteiger partial charge in [0.15, 0.2) is 5.76 Å². The van der Waals surface area contributed by atoms with Gasteiger partial charge in [-0.1, -0.05) is 6.07 Å². The molecule has 0 spiro atoms. The quantitative estimate of drug-likeness (QED) is 0.829. The topological polar surface area (TPSA) is 50.8 Å². The molecule has 5 nitrogen and oxygen atoms in total. The predicted octanol–water partition coefficient (Wildman–Crippen LogP) is 1.36. The van der Waals surface area contributed by atoms with Gasteiger partial charge < -0.3 is 9.32 Å². The predicted molar refractivity (Wildman–Crippen MR) is 74.6 cm³/mol. The normalized spacial score (nSPS) is 15.4. The molecule has 0 radical (unpaired) electrons. The summed E-state index contributed by atoms with van der Waals surface area (Å²) in [6.45, 7) is 4.92. The second-order valence-electron chi connectivity index (χ2n) is 4.94. The maximum absolute atomic E-state index is 12.3. The van der Waals surface area contributed by atoms with Crippen LogP contribution in [0.25, 0.3) is 0 Å². The fraction of sp³-hybridized carbons (Fsp3) is 0.333. The number of aromatic amines is 1. The minimum atomic E-state index is -0.0187. The van der Waals surface area contributed by atoms with E-state index in [1.54, 1.807) is 6.07 Å². The van der Waals surface area contributed by atoms with E-state index >= 15 is 0 Å². The van der Waals surface area contributed by atoms with E-state index in [0.29, 0.717) is 18.8 Å². The minimum absolute atomic E-state index is 0.0187. The zero-order valence-electron chi connectivity index (χ0n) is 11.5. The van der Waals surface area contributed by atoms with Gasteiger partial charge in [-0.15, -0.1) is 0 Å². The fourth-order valence-electron chi connectivity index (χ4n) is 2.44. The molecule has 3 heterocycles. The number of carbonyl (C=O) groups excluding carboxylic acids is 1. The van der Waals surface area contributed by atoms with Gasteiger partial charge in [0.25, 0.3) is 11.7 Å². The van der Waals surface area contributed by atoms with Crippen LogP contribution >= 0.6 is 0 Å². The number of furan rings is 1. The van der Waals surface area contributed by atoms with Crippen molar-refractivity contribution in [3.05, 3.63) is 48.0 Å². The first kappa shape index (κ1) is 12.7. The molecule has 1 aliphatic rings. The number of nitrogens with zero attached hydrogens (tertiary/aromatic N) is 2. The van der Waals surface area contributed by atoms with Crippen molar-refractivity contribution < 1.29 is 14.2 Å². The Morgan fingerprint density at radius 3 is 2.55 bits per heavy atom. The molecule has 1 fully saturated rings. The van der Waals surface area contributed by atoms with Crippen LogP contribution < -0.4 is 9.88 Å². The third-order valence-corrected chi connectivity index (χ3v) is 3.55. The number of amides is 1. The van der Waals surface area contributed by atoms with Gasteiger partial charge in [-0.3, -0.25) is 9.69 Å². The van der Waals surface area contributed by atoms with Gasteiger partial charge in [0.05, 0.1) is 19.3 Å². The first-order chi connectivity index (χ1) is 9.74. The molecule has 104 valence electrons. The largest absolute Gasteiger partial charge is 0.456 e. The fourth-order valence-corrected chi connectivity index (χ4v) is 2.44. The smallest absolute Gasteiger partial charge is 0.289 e. The molecular weight excluding hydrogens is 254 g/mol. The van der Waals surface area contributed by atoms with Gasteiger partial charge in [0.2, 0.25) is 0 Å². The van der Waals surface area contributed by atoms with E-state index in [2.05, 4.69) is 9.88 Å². The zero-order valence-corrected chi connectivity index (χ0v) is 11.5. The van der Waals surface area contributed by atoms with E-state index in [4.69, 9.17) is 4.42 Å². The number of hydrogen-bond acceptors (Lipinski definition) is 3. The Kier molecular flexibility index (Phi) is 3.41. The number of nitrogens with one attached hydrogen (secondary N) is 1. The van der Waals surface area contributed by atoms with Crippen molar-refractivity contribution in [2.75, 3.05) is 31.1 Å². The average Bonchev–Trinajstić information content (AvgIpc) is 2.94. The number of carbonyl (C=O) groups is 1. The molecular formula is C15H18N3O2+. The zero-order chi connectivity index (χ0) is 13.9. The molecule has 0 aliphatic carbocycles. The van der Waals surface area contributed by atoms with Gasteiger partial charge in [-0.25, -0.2) is 4.98 Å². The maximum Gasteiger partial charge on any atom is 0.289 e. The molecule has 2 aromatic heterocycles. The van der Waals surface area contributed by atoms with E-state index in [0.717, 1.165) is 24.7 Å². The Bertz CT molecular complexity index is 586. The standard InChI is InChI=1S/C15H17N3O2/c1-12-5-6-13(20-12)15(19)18-10-8-17(9-11-18)14-4-2-3-7-16-14/h2-7H,8-11H2,1H3/p+1. The van der Waals surface area contributed by atoms with Gasteiger partial charge in [-0.2, -0.15) is 0 Å². The van der Waals surface area contributed by atoms with Crippen LogP contribution in [0, 0.1) is 6.92 Å². The number of pyridine rings is 1. The summed E-state index contributed by atoms with van der Waals surface area (Å²) in [6.07, 6.45) is 1.92. The van der Waals surface area contributed by atoms with Crippen molar-refractivity contribution in [1.82, 2.24) is 4.90 Å². The Morgan fingerprint density at radius 1 is 1.15 bits per heavy atom. The lowest BCUT2D eigenvalue weighted by Crippen LogP contribution is -2.49. The van der Waals surface area contributed by atoms with Gasteiger partial charge in [0.1, 0.15) is 18.8 Å². The molecule has 20 heavy (non-hydrogen) atoms. The Hall–Kier alpha value is -2.30. The lowest BCUT2D eigenvalue weighted by atomic mass is 10.2. The van der Waals surface area contributed by atoms with Crippen molar-refractivity contribution in [2.24, 2.45) is 0 Å². The highest BCUT2D eigenvalue weighted by Crippen LogP contribution is 2.14. The van der Waals surface area contributed by atoms with Crippen molar-refractivity contribution in [3.8, 4) is 0 Å². The van der Waals surface area contributed by atoms with Gasteiger partial charge in [0, 0.05) is 6.07 Å².